The van der Waals surface area contributed by atoms with Gasteiger partial charge < -0.3 is 5.32 Å². The standard InChI is InChI=1S/C16H21N7/c1-12(2)13-8-14(15-20-18-11-23(15)21-13)17-9-16(4-5-16)10-22-7-3-6-19-22/h3,6-8,11-12,17H,4-5,9-10H2,1-2H3. The third-order valence-electron chi connectivity index (χ3n) is 4.55. The number of hydrogen-bond donors (Lipinski definition) is 1. The molecule has 0 unspecified atom stereocenters. The van der Waals surface area contributed by atoms with Crippen molar-refractivity contribution in [3.63, 3.8) is 0 Å². The van der Waals surface area contributed by atoms with Gasteiger partial charge in [-0.3, -0.25) is 4.68 Å². The van der Waals surface area contributed by atoms with E-state index in [1.54, 1.807) is 10.8 Å². The summed E-state index contributed by atoms with van der Waals surface area (Å²) < 4.78 is 3.78. The first-order valence-electron chi connectivity index (χ1n) is 8.08. The summed E-state index contributed by atoms with van der Waals surface area (Å²) in [7, 11) is 0. The molecule has 0 radical (unpaired) electrons. The Morgan fingerprint density at radius 1 is 1.35 bits per heavy atom. The SMILES string of the molecule is CC(C)c1cc(NCC2(Cn3cccn3)CC2)c2nncn2n1. The highest BCUT2D eigenvalue weighted by Crippen LogP contribution is 2.47. The Bertz CT molecular complexity index is 799. The molecule has 0 aromatic carbocycles. The molecular formula is C16H21N7. The number of nitrogens with one attached hydrogen (secondary N) is 1. The molecular weight excluding hydrogens is 290 g/mol. The summed E-state index contributed by atoms with van der Waals surface area (Å²) >= 11 is 0. The van der Waals surface area contributed by atoms with Gasteiger partial charge in [0.25, 0.3) is 0 Å². The van der Waals surface area contributed by atoms with Gasteiger partial charge in [-0.15, -0.1) is 10.2 Å². The van der Waals surface area contributed by atoms with Crippen LogP contribution in [0.3, 0.4) is 0 Å². The van der Waals surface area contributed by atoms with Crippen molar-refractivity contribution in [1.82, 2.24) is 29.6 Å². The Labute approximate surface area is 134 Å². The summed E-state index contributed by atoms with van der Waals surface area (Å²) in [5.74, 6) is 0.362. The van der Waals surface area contributed by atoms with Crippen LogP contribution in [0.15, 0.2) is 30.9 Å². The van der Waals surface area contributed by atoms with Gasteiger partial charge in [-0.2, -0.15) is 14.7 Å². The van der Waals surface area contributed by atoms with E-state index < -0.39 is 0 Å². The second kappa shape index (κ2) is 5.33. The Morgan fingerprint density at radius 3 is 2.91 bits per heavy atom. The van der Waals surface area contributed by atoms with Gasteiger partial charge in [-0.1, -0.05) is 13.8 Å². The molecule has 0 atom stereocenters. The molecule has 1 N–H and O–H groups in total. The quantitative estimate of drug-likeness (QED) is 0.756. The van der Waals surface area contributed by atoms with Gasteiger partial charge in [0.1, 0.15) is 6.33 Å². The fourth-order valence-corrected chi connectivity index (χ4v) is 2.85. The maximum absolute atomic E-state index is 4.55. The Kier molecular flexibility index (Phi) is 3.28. The van der Waals surface area contributed by atoms with Crippen LogP contribution in [0.1, 0.15) is 38.3 Å². The fraction of sp³-hybridized carbons (Fsp3) is 0.500. The van der Waals surface area contributed by atoms with Crippen molar-refractivity contribution in [3.8, 4) is 0 Å². The van der Waals surface area contributed by atoms with E-state index in [-0.39, 0.29) is 0 Å². The van der Waals surface area contributed by atoms with Crippen molar-refractivity contribution < 1.29 is 0 Å². The number of rotatable bonds is 6. The molecule has 1 saturated carbocycles. The average Bonchev–Trinajstić information content (AvgIpc) is 2.92. The lowest BCUT2D eigenvalue weighted by Crippen LogP contribution is -2.22. The summed E-state index contributed by atoms with van der Waals surface area (Å²) in [5.41, 5.74) is 3.12. The predicted molar refractivity (Wildman–Crippen MR) is 87.3 cm³/mol. The van der Waals surface area contributed by atoms with E-state index in [1.807, 2.05) is 23.1 Å². The first-order valence-corrected chi connectivity index (χ1v) is 8.08. The van der Waals surface area contributed by atoms with Crippen LogP contribution in [0.25, 0.3) is 5.65 Å². The average molecular weight is 311 g/mol. The van der Waals surface area contributed by atoms with E-state index in [0.29, 0.717) is 11.3 Å². The van der Waals surface area contributed by atoms with Gasteiger partial charge in [0.2, 0.25) is 5.65 Å². The Morgan fingerprint density at radius 2 is 2.22 bits per heavy atom. The van der Waals surface area contributed by atoms with E-state index in [9.17, 15) is 0 Å². The lowest BCUT2D eigenvalue weighted by atomic mass is 10.1. The van der Waals surface area contributed by atoms with Gasteiger partial charge in [-0.05, 0) is 30.9 Å². The largest absolute Gasteiger partial charge is 0.381 e. The van der Waals surface area contributed by atoms with E-state index in [1.165, 1.54) is 12.8 Å². The van der Waals surface area contributed by atoms with Crippen LogP contribution < -0.4 is 5.32 Å². The van der Waals surface area contributed by atoms with Crippen LogP contribution >= 0.6 is 0 Å². The molecule has 0 aliphatic heterocycles. The fourth-order valence-electron chi connectivity index (χ4n) is 2.85. The van der Waals surface area contributed by atoms with Gasteiger partial charge in [-0.25, -0.2) is 0 Å². The molecule has 0 amide bonds. The number of hydrogen-bond acceptors (Lipinski definition) is 5. The van der Waals surface area contributed by atoms with Crippen molar-refractivity contribution in [2.75, 3.05) is 11.9 Å². The molecule has 4 rings (SSSR count). The molecule has 23 heavy (non-hydrogen) atoms. The molecule has 3 heterocycles. The lowest BCUT2D eigenvalue weighted by molar-refractivity contribution is 0.416. The molecule has 3 aromatic heterocycles. The normalized spacial score (nSPS) is 16.1. The minimum absolute atomic E-state index is 0.296. The highest BCUT2D eigenvalue weighted by molar-refractivity contribution is 5.66. The second-order valence-corrected chi connectivity index (χ2v) is 6.79. The number of aromatic nitrogens is 6. The highest BCUT2D eigenvalue weighted by atomic mass is 15.3. The molecule has 0 spiro atoms. The molecule has 1 aliphatic rings. The first-order chi connectivity index (χ1) is 11.2. The minimum Gasteiger partial charge on any atom is -0.381 e. The van der Waals surface area contributed by atoms with Crippen molar-refractivity contribution in [2.24, 2.45) is 5.41 Å². The van der Waals surface area contributed by atoms with Gasteiger partial charge in [0.05, 0.1) is 11.4 Å². The van der Waals surface area contributed by atoms with E-state index in [2.05, 4.69) is 45.6 Å². The van der Waals surface area contributed by atoms with Crippen LogP contribution in [0.5, 0.6) is 0 Å². The summed E-state index contributed by atoms with van der Waals surface area (Å²) in [4.78, 5) is 0. The third kappa shape index (κ3) is 2.78. The summed E-state index contributed by atoms with van der Waals surface area (Å²) in [6, 6.07) is 4.07. The van der Waals surface area contributed by atoms with E-state index in [4.69, 9.17) is 0 Å². The Balaban J connectivity index is 1.54. The van der Waals surface area contributed by atoms with Crippen LogP contribution in [-0.2, 0) is 6.54 Å². The molecule has 120 valence electrons. The zero-order valence-corrected chi connectivity index (χ0v) is 13.5. The van der Waals surface area contributed by atoms with Crippen LogP contribution in [0.4, 0.5) is 5.69 Å². The highest BCUT2D eigenvalue weighted by Gasteiger charge is 2.43. The molecule has 0 saturated heterocycles. The molecule has 7 nitrogen and oxygen atoms in total. The van der Waals surface area contributed by atoms with Gasteiger partial charge in [0.15, 0.2) is 0 Å². The maximum Gasteiger partial charge on any atom is 0.200 e. The van der Waals surface area contributed by atoms with Crippen molar-refractivity contribution >= 4 is 11.3 Å². The van der Waals surface area contributed by atoms with Crippen molar-refractivity contribution in [1.29, 1.82) is 0 Å². The monoisotopic (exact) mass is 311 g/mol. The first kappa shape index (κ1) is 14.2. The zero-order valence-electron chi connectivity index (χ0n) is 13.5. The summed E-state index contributed by atoms with van der Waals surface area (Å²) in [6.07, 6.45) is 7.97. The smallest absolute Gasteiger partial charge is 0.200 e. The summed E-state index contributed by atoms with van der Waals surface area (Å²) in [5, 5.41) is 20.6. The third-order valence-corrected chi connectivity index (χ3v) is 4.55. The summed E-state index contributed by atoms with van der Waals surface area (Å²) in [6.45, 7) is 6.15. The van der Waals surface area contributed by atoms with E-state index in [0.717, 1.165) is 30.1 Å². The van der Waals surface area contributed by atoms with Gasteiger partial charge in [0, 0.05) is 30.9 Å². The lowest BCUT2D eigenvalue weighted by Gasteiger charge is -2.18. The number of nitrogens with zero attached hydrogens (tertiary/aromatic N) is 6. The molecule has 1 aliphatic carbocycles. The van der Waals surface area contributed by atoms with Crippen molar-refractivity contribution in [2.45, 2.75) is 39.2 Å². The van der Waals surface area contributed by atoms with Crippen LogP contribution in [0, 0.1) is 5.41 Å². The maximum atomic E-state index is 4.55. The van der Waals surface area contributed by atoms with Crippen LogP contribution in [0.2, 0.25) is 0 Å². The molecule has 1 fully saturated rings. The Hall–Kier alpha value is -2.44. The van der Waals surface area contributed by atoms with Crippen molar-refractivity contribution in [3.05, 3.63) is 36.5 Å². The number of anilines is 1. The van der Waals surface area contributed by atoms with E-state index >= 15 is 0 Å². The molecule has 0 bridgehead atoms. The second-order valence-electron chi connectivity index (χ2n) is 6.79. The zero-order chi connectivity index (χ0) is 15.9. The minimum atomic E-state index is 0.296. The topological polar surface area (TPSA) is 72.9 Å². The molecule has 7 heteroatoms. The van der Waals surface area contributed by atoms with Gasteiger partial charge >= 0.3 is 0 Å². The predicted octanol–water partition coefficient (Wildman–Crippen LogP) is 2.34. The number of fused-ring (bicyclic) bond motifs is 1. The van der Waals surface area contributed by atoms with Crippen LogP contribution in [-0.4, -0.2) is 36.1 Å². The molecule has 3 aromatic rings.